The Hall–Kier alpha value is -3.48. The summed E-state index contributed by atoms with van der Waals surface area (Å²) in [4.78, 5) is 29.5. The monoisotopic (exact) mass is 536 g/mol. The van der Waals surface area contributed by atoms with E-state index in [2.05, 4.69) is 16.3 Å². The summed E-state index contributed by atoms with van der Waals surface area (Å²) in [6, 6.07) is 15.8. The van der Waals surface area contributed by atoms with Crippen LogP contribution in [0.4, 0.5) is 10.1 Å². The number of likely N-dealkylation sites (tertiary alicyclic amines) is 1. The van der Waals surface area contributed by atoms with Gasteiger partial charge in [-0.25, -0.2) is 4.39 Å². The van der Waals surface area contributed by atoms with Crippen LogP contribution < -0.4 is 10.2 Å². The summed E-state index contributed by atoms with van der Waals surface area (Å²) in [7, 11) is 0. The van der Waals surface area contributed by atoms with Gasteiger partial charge in [0, 0.05) is 25.2 Å². The SMILES string of the molecule is CC[C@H]1CC(CNC(=O)[C@H](O)[C@@H](O)C(=O)N2CCC[C@@H]2c2ccccc2)C[C@@H](C)N1c1ccc(F)cc1C#N. The summed E-state index contributed by atoms with van der Waals surface area (Å²) >= 11 is 0. The second kappa shape index (κ2) is 12.6. The van der Waals surface area contributed by atoms with Gasteiger partial charge < -0.3 is 25.3 Å². The minimum Gasteiger partial charge on any atom is -0.380 e. The fourth-order valence-electron chi connectivity index (χ4n) is 6.19. The van der Waals surface area contributed by atoms with E-state index in [0.29, 0.717) is 24.2 Å². The van der Waals surface area contributed by atoms with Gasteiger partial charge in [-0.1, -0.05) is 37.3 Å². The molecule has 2 aromatic carbocycles. The lowest BCUT2D eigenvalue weighted by molar-refractivity contribution is -0.153. The zero-order chi connectivity index (χ0) is 28.1. The maximum atomic E-state index is 13.7. The van der Waals surface area contributed by atoms with Crippen molar-refractivity contribution in [2.75, 3.05) is 18.0 Å². The third-order valence-corrected chi connectivity index (χ3v) is 8.08. The molecule has 3 N–H and O–H groups in total. The van der Waals surface area contributed by atoms with Crippen molar-refractivity contribution in [3.8, 4) is 6.07 Å². The number of nitrogens with zero attached hydrogens (tertiary/aromatic N) is 3. The molecular weight excluding hydrogens is 499 g/mol. The average Bonchev–Trinajstić information content (AvgIpc) is 3.45. The zero-order valence-electron chi connectivity index (χ0n) is 22.5. The predicted octanol–water partition coefficient (Wildman–Crippen LogP) is 3.28. The summed E-state index contributed by atoms with van der Waals surface area (Å²) < 4.78 is 13.7. The van der Waals surface area contributed by atoms with Crippen molar-refractivity contribution in [2.24, 2.45) is 5.92 Å². The fourth-order valence-corrected chi connectivity index (χ4v) is 6.19. The van der Waals surface area contributed by atoms with Crippen molar-refractivity contribution in [1.82, 2.24) is 10.2 Å². The third kappa shape index (κ3) is 6.23. The summed E-state index contributed by atoms with van der Waals surface area (Å²) in [5.41, 5.74) is 1.96. The van der Waals surface area contributed by atoms with E-state index >= 15 is 0 Å². The third-order valence-electron chi connectivity index (χ3n) is 8.08. The smallest absolute Gasteiger partial charge is 0.255 e. The molecule has 4 rings (SSSR count). The van der Waals surface area contributed by atoms with Crippen LogP contribution in [0.2, 0.25) is 0 Å². The van der Waals surface area contributed by atoms with E-state index in [1.807, 2.05) is 44.2 Å². The molecule has 8 nitrogen and oxygen atoms in total. The van der Waals surface area contributed by atoms with Crippen LogP contribution in [0.1, 0.15) is 63.1 Å². The standard InChI is InChI=1S/C30H37FN4O4/c1-3-24-15-20(14-19(2)35(24)26-12-11-23(31)16-22(26)17-32)18-33-29(38)27(36)28(37)30(39)34-13-7-10-25(34)21-8-5-4-6-9-21/h4-6,8-9,11-12,16,19-20,24-25,27-28,36-37H,3,7,10,13-15,18H2,1-2H3,(H,33,38)/t19-,20?,24+,25-,27-,28-/m1/s1. The Bertz CT molecular complexity index is 1200. The van der Waals surface area contributed by atoms with Crippen LogP contribution >= 0.6 is 0 Å². The molecule has 0 bridgehead atoms. The number of anilines is 1. The molecule has 2 heterocycles. The van der Waals surface area contributed by atoms with Crippen LogP contribution in [0.15, 0.2) is 48.5 Å². The fraction of sp³-hybridized carbons (Fsp3) is 0.500. The summed E-state index contributed by atoms with van der Waals surface area (Å²) in [6.45, 7) is 4.84. The van der Waals surface area contributed by atoms with Crippen molar-refractivity contribution >= 4 is 17.5 Å². The predicted molar refractivity (Wildman–Crippen MR) is 145 cm³/mol. The van der Waals surface area contributed by atoms with Crippen LogP contribution in [0.5, 0.6) is 0 Å². The molecule has 0 spiro atoms. The second-order valence-electron chi connectivity index (χ2n) is 10.7. The second-order valence-corrected chi connectivity index (χ2v) is 10.7. The topological polar surface area (TPSA) is 117 Å². The van der Waals surface area contributed by atoms with Gasteiger partial charge in [-0.15, -0.1) is 0 Å². The Labute approximate surface area is 229 Å². The van der Waals surface area contributed by atoms with E-state index in [0.717, 1.165) is 31.2 Å². The number of hydrogen-bond donors (Lipinski definition) is 3. The number of halogens is 1. The summed E-state index contributed by atoms with van der Waals surface area (Å²) in [5, 5.41) is 33.4. The molecule has 2 fully saturated rings. The molecule has 0 radical (unpaired) electrons. The van der Waals surface area contributed by atoms with Gasteiger partial charge in [0.05, 0.1) is 17.3 Å². The molecule has 6 atom stereocenters. The quantitative estimate of drug-likeness (QED) is 0.477. The number of hydrogen-bond acceptors (Lipinski definition) is 6. The van der Waals surface area contributed by atoms with Gasteiger partial charge in [0.15, 0.2) is 12.2 Å². The molecule has 208 valence electrons. The number of aliphatic hydroxyl groups excluding tert-OH is 2. The minimum absolute atomic E-state index is 0.0327. The number of nitrogens with one attached hydrogen (secondary N) is 1. The first kappa shape index (κ1) is 28.5. The lowest BCUT2D eigenvalue weighted by Crippen LogP contribution is -2.53. The van der Waals surface area contributed by atoms with Gasteiger partial charge in [-0.2, -0.15) is 5.26 Å². The summed E-state index contributed by atoms with van der Waals surface area (Å²) in [5.74, 6) is -1.78. The zero-order valence-corrected chi connectivity index (χ0v) is 22.5. The maximum absolute atomic E-state index is 13.7. The molecule has 0 aliphatic carbocycles. The van der Waals surface area contributed by atoms with Crippen molar-refractivity contribution in [2.45, 2.75) is 76.3 Å². The number of nitriles is 1. The van der Waals surface area contributed by atoms with Crippen LogP contribution in [0, 0.1) is 23.1 Å². The lowest BCUT2D eigenvalue weighted by atomic mass is 9.84. The molecule has 0 saturated carbocycles. The van der Waals surface area contributed by atoms with Crippen LogP contribution in [0.25, 0.3) is 0 Å². The van der Waals surface area contributed by atoms with Gasteiger partial charge in [0.2, 0.25) is 0 Å². The normalized spacial score (nSPS) is 24.6. The van der Waals surface area contributed by atoms with Gasteiger partial charge in [-0.05, 0) is 68.7 Å². The Balaban J connectivity index is 1.35. The number of piperidine rings is 1. The first-order chi connectivity index (χ1) is 18.7. The number of amides is 2. The number of carbonyl (C=O) groups is 2. The van der Waals surface area contributed by atoms with Crippen LogP contribution in [0.3, 0.4) is 0 Å². The first-order valence-corrected chi connectivity index (χ1v) is 13.7. The van der Waals surface area contributed by atoms with Gasteiger partial charge in [0.1, 0.15) is 11.9 Å². The number of aliphatic hydroxyl groups is 2. The Morgan fingerprint density at radius 2 is 1.90 bits per heavy atom. The minimum atomic E-state index is -1.87. The molecule has 2 amide bonds. The molecule has 9 heteroatoms. The average molecular weight is 537 g/mol. The number of rotatable bonds is 8. The molecule has 1 unspecified atom stereocenters. The molecule has 0 aromatic heterocycles. The van der Waals surface area contributed by atoms with Gasteiger partial charge in [-0.3, -0.25) is 9.59 Å². The molecule has 2 saturated heterocycles. The van der Waals surface area contributed by atoms with E-state index in [4.69, 9.17) is 0 Å². The van der Waals surface area contributed by atoms with E-state index in [9.17, 15) is 29.5 Å². The Morgan fingerprint density at radius 3 is 2.59 bits per heavy atom. The van der Waals surface area contributed by atoms with E-state index < -0.39 is 29.8 Å². The maximum Gasteiger partial charge on any atom is 0.255 e. The molecule has 2 aliphatic rings. The van der Waals surface area contributed by atoms with E-state index in [1.165, 1.54) is 12.1 Å². The highest BCUT2D eigenvalue weighted by Gasteiger charge is 2.39. The van der Waals surface area contributed by atoms with Crippen molar-refractivity contribution in [3.63, 3.8) is 0 Å². The highest BCUT2D eigenvalue weighted by molar-refractivity contribution is 5.91. The summed E-state index contributed by atoms with van der Waals surface area (Å²) in [6.07, 6.45) is 0.0622. The van der Waals surface area contributed by atoms with Gasteiger partial charge in [0.25, 0.3) is 11.8 Å². The first-order valence-electron chi connectivity index (χ1n) is 13.7. The number of benzene rings is 2. The van der Waals surface area contributed by atoms with E-state index in [-0.39, 0.29) is 30.6 Å². The Kier molecular flexibility index (Phi) is 9.20. The van der Waals surface area contributed by atoms with Crippen molar-refractivity contribution < 1.29 is 24.2 Å². The number of carbonyl (C=O) groups excluding carboxylic acids is 2. The Morgan fingerprint density at radius 1 is 1.15 bits per heavy atom. The highest BCUT2D eigenvalue weighted by atomic mass is 19.1. The van der Waals surface area contributed by atoms with Crippen molar-refractivity contribution in [1.29, 1.82) is 5.26 Å². The molecule has 2 aliphatic heterocycles. The van der Waals surface area contributed by atoms with Crippen LogP contribution in [-0.4, -0.2) is 64.3 Å². The van der Waals surface area contributed by atoms with Crippen molar-refractivity contribution in [3.05, 3.63) is 65.5 Å². The van der Waals surface area contributed by atoms with E-state index in [1.54, 1.807) is 11.0 Å². The molecule has 2 aromatic rings. The molecular formula is C30H37FN4O4. The highest BCUT2D eigenvalue weighted by Crippen LogP contribution is 2.36. The van der Waals surface area contributed by atoms with Gasteiger partial charge >= 0.3 is 0 Å². The largest absolute Gasteiger partial charge is 0.380 e. The van der Waals surface area contributed by atoms with Crippen LogP contribution in [-0.2, 0) is 9.59 Å². The molecule has 39 heavy (non-hydrogen) atoms. The lowest BCUT2D eigenvalue weighted by Gasteiger charge is -2.46.